The van der Waals surface area contributed by atoms with Crippen LogP contribution in [0.4, 0.5) is 13.2 Å². The van der Waals surface area contributed by atoms with Crippen molar-refractivity contribution >= 4 is 31.9 Å². The molecule has 0 aliphatic carbocycles. The average Bonchev–Trinajstić information content (AvgIpc) is 2.09. The molecule has 6 heteroatoms. The second kappa shape index (κ2) is 4.54. The zero-order chi connectivity index (χ0) is 11.6. The summed E-state index contributed by atoms with van der Waals surface area (Å²) in [6, 6.07) is 4.08. The maximum Gasteiger partial charge on any atom is 0.417 e. The molecule has 0 spiro atoms. The third-order valence-electron chi connectivity index (χ3n) is 1.75. The summed E-state index contributed by atoms with van der Waals surface area (Å²) in [6.45, 7) is 0. The Morgan fingerprint density at radius 3 is 2.33 bits per heavy atom. The molecule has 0 aliphatic heterocycles. The van der Waals surface area contributed by atoms with E-state index in [-0.39, 0.29) is 10.9 Å². The molecule has 0 amide bonds. The summed E-state index contributed by atoms with van der Waals surface area (Å²) in [5.41, 5.74) is -0.455. The topological polar surface area (TPSA) is 23.8 Å². The van der Waals surface area contributed by atoms with Crippen LogP contribution in [-0.2, 0) is 12.6 Å². The SMILES string of the molecule is N#CCc1c(Br)ccc(C(F)(F)F)c1Br. The van der Waals surface area contributed by atoms with Crippen LogP contribution in [0, 0.1) is 11.3 Å². The monoisotopic (exact) mass is 341 g/mol. The molecule has 0 aromatic heterocycles. The lowest BCUT2D eigenvalue weighted by molar-refractivity contribution is -0.138. The van der Waals surface area contributed by atoms with Crippen molar-refractivity contribution in [2.45, 2.75) is 12.6 Å². The lowest BCUT2D eigenvalue weighted by Gasteiger charge is -2.12. The van der Waals surface area contributed by atoms with Crippen LogP contribution < -0.4 is 0 Å². The fraction of sp³-hybridized carbons (Fsp3) is 0.222. The summed E-state index contributed by atoms with van der Waals surface area (Å²) in [6.07, 6.45) is -4.49. The molecule has 0 fully saturated rings. The van der Waals surface area contributed by atoms with Crippen molar-refractivity contribution in [3.05, 3.63) is 32.2 Å². The van der Waals surface area contributed by atoms with Gasteiger partial charge in [0.05, 0.1) is 18.1 Å². The molecule has 0 radical (unpaired) electrons. The molecular formula is C9H4Br2F3N. The maximum absolute atomic E-state index is 12.5. The quantitative estimate of drug-likeness (QED) is 0.746. The van der Waals surface area contributed by atoms with Gasteiger partial charge < -0.3 is 0 Å². The summed E-state index contributed by atoms with van der Waals surface area (Å²) in [4.78, 5) is 0. The number of hydrogen-bond acceptors (Lipinski definition) is 1. The molecule has 1 aromatic rings. The summed E-state index contributed by atoms with van der Waals surface area (Å²) in [5.74, 6) is 0. The molecule has 0 bridgehead atoms. The van der Waals surface area contributed by atoms with Crippen molar-refractivity contribution in [1.82, 2.24) is 0 Å². The van der Waals surface area contributed by atoms with Crippen molar-refractivity contribution in [2.75, 3.05) is 0 Å². The van der Waals surface area contributed by atoms with Crippen molar-refractivity contribution in [3.8, 4) is 6.07 Å². The number of rotatable bonds is 1. The van der Waals surface area contributed by atoms with Crippen LogP contribution in [0.3, 0.4) is 0 Å². The molecule has 1 nitrogen and oxygen atoms in total. The van der Waals surface area contributed by atoms with Gasteiger partial charge in [-0.3, -0.25) is 0 Å². The van der Waals surface area contributed by atoms with Crippen LogP contribution in [0.2, 0.25) is 0 Å². The van der Waals surface area contributed by atoms with Crippen molar-refractivity contribution in [2.24, 2.45) is 0 Å². The van der Waals surface area contributed by atoms with E-state index in [2.05, 4.69) is 31.9 Å². The number of nitrogens with zero attached hydrogens (tertiary/aromatic N) is 1. The van der Waals surface area contributed by atoms with Crippen LogP contribution in [-0.4, -0.2) is 0 Å². The maximum atomic E-state index is 12.5. The van der Waals surface area contributed by atoms with Crippen molar-refractivity contribution in [3.63, 3.8) is 0 Å². The van der Waals surface area contributed by atoms with Crippen LogP contribution in [0.1, 0.15) is 11.1 Å². The first kappa shape index (κ1) is 12.5. The number of nitriles is 1. The highest BCUT2D eigenvalue weighted by molar-refractivity contribution is 9.11. The molecule has 0 saturated heterocycles. The predicted molar refractivity (Wildman–Crippen MR) is 56.2 cm³/mol. The highest BCUT2D eigenvalue weighted by Crippen LogP contribution is 2.39. The Hall–Kier alpha value is -0.540. The van der Waals surface area contributed by atoms with E-state index in [1.165, 1.54) is 6.07 Å². The number of benzene rings is 1. The first-order valence-corrected chi connectivity index (χ1v) is 5.37. The molecule has 0 aliphatic rings. The van der Waals surface area contributed by atoms with Crippen LogP contribution in [0.5, 0.6) is 0 Å². The smallest absolute Gasteiger partial charge is 0.198 e. The van der Waals surface area contributed by atoms with Gasteiger partial charge in [0, 0.05) is 8.95 Å². The Labute approximate surface area is 101 Å². The number of alkyl halides is 3. The van der Waals surface area contributed by atoms with Crippen LogP contribution >= 0.6 is 31.9 Å². The largest absolute Gasteiger partial charge is 0.417 e. The summed E-state index contributed by atoms with van der Waals surface area (Å²) in [5, 5.41) is 8.49. The molecule has 0 N–H and O–H groups in total. The Morgan fingerprint density at radius 2 is 1.87 bits per heavy atom. The van der Waals surface area contributed by atoms with Gasteiger partial charge in [0.2, 0.25) is 0 Å². The van der Waals surface area contributed by atoms with Crippen LogP contribution in [0.25, 0.3) is 0 Å². The molecule has 0 saturated carbocycles. The predicted octanol–water partition coefficient (Wildman–Crippen LogP) is 4.30. The zero-order valence-corrected chi connectivity index (χ0v) is 10.4. The van der Waals surface area contributed by atoms with E-state index in [4.69, 9.17) is 5.26 Å². The lowest BCUT2D eigenvalue weighted by Crippen LogP contribution is -2.07. The number of halogens is 5. The van der Waals surface area contributed by atoms with Gasteiger partial charge >= 0.3 is 6.18 Å². The molecule has 0 heterocycles. The number of hydrogen-bond donors (Lipinski definition) is 0. The van der Waals surface area contributed by atoms with Gasteiger partial charge in [-0.25, -0.2) is 0 Å². The Kier molecular flexibility index (Phi) is 3.79. The Morgan fingerprint density at radius 1 is 1.27 bits per heavy atom. The standard InChI is InChI=1S/C9H4Br2F3N/c10-7-2-1-6(9(12,13)14)8(11)5(7)3-4-15/h1-2H,3H2. The normalized spacial score (nSPS) is 11.2. The molecule has 80 valence electrons. The highest BCUT2D eigenvalue weighted by atomic mass is 79.9. The Balaban J connectivity index is 3.36. The summed E-state index contributed by atoms with van der Waals surface area (Å²) >= 11 is 5.97. The first-order chi connectivity index (χ1) is 6.88. The van der Waals surface area contributed by atoms with Gasteiger partial charge in [0.1, 0.15) is 0 Å². The van der Waals surface area contributed by atoms with Crippen LogP contribution in [0.15, 0.2) is 21.1 Å². The van der Waals surface area contributed by atoms with E-state index in [0.717, 1.165) is 6.07 Å². The second-order valence-electron chi connectivity index (χ2n) is 2.72. The van der Waals surface area contributed by atoms with Gasteiger partial charge in [-0.2, -0.15) is 18.4 Å². The zero-order valence-electron chi connectivity index (χ0n) is 7.20. The molecule has 0 atom stereocenters. The summed E-state index contributed by atoms with van der Waals surface area (Å²) in [7, 11) is 0. The third-order valence-corrected chi connectivity index (χ3v) is 3.40. The van der Waals surface area contributed by atoms with Gasteiger partial charge in [0.15, 0.2) is 0 Å². The minimum Gasteiger partial charge on any atom is -0.198 e. The summed E-state index contributed by atoms with van der Waals surface area (Å²) < 4.78 is 37.8. The van der Waals surface area contributed by atoms with Gasteiger partial charge in [-0.1, -0.05) is 15.9 Å². The van der Waals surface area contributed by atoms with Gasteiger partial charge in [0.25, 0.3) is 0 Å². The fourth-order valence-electron chi connectivity index (χ4n) is 1.06. The van der Waals surface area contributed by atoms with Crippen molar-refractivity contribution in [1.29, 1.82) is 5.26 Å². The fourth-order valence-corrected chi connectivity index (χ4v) is 2.51. The van der Waals surface area contributed by atoms with E-state index in [0.29, 0.717) is 10.0 Å². The minimum absolute atomic E-state index is 0.0778. The van der Waals surface area contributed by atoms with E-state index < -0.39 is 11.7 Å². The molecule has 1 rings (SSSR count). The second-order valence-corrected chi connectivity index (χ2v) is 4.37. The van der Waals surface area contributed by atoms with Crippen molar-refractivity contribution < 1.29 is 13.2 Å². The first-order valence-electron chi connectivity index (χ1n) is 3.79. The molecular weight excluding hydrogens is 339 g/mol. The van der Waals surface area contributed by atoms with E-state index >= 15 is 0 Å². The van der Waals surface area contributed by atoms with E-state index in [1.54, 1.807) is 0 Å². The third kappa shape index (κ3) is 2.73. The van der Waals surface area contributed by atoms with Gasteiger partial charge in [-0.05, 0) is 33.6 Å². The Bertz CT molecular complexity index is 421. The minimum atomic E-state index is -4.41. The van der Waals surface area contributed by atoms with E-state index in [1.807, 2.05) is 6.07 Å². The molecule has 15 heavy (non-hydrogen) atoms. The van der Waals surface area contributed by atoms with E-state index in [9.17, 15) is 13.2 Å². The average molecular weight is 343 g/mol. The highest BCUT2D eigenvalue weighted by Gasteiger charge is 2.34. The molecule has 1 aromatic carbocycles. The van der Waals surface area contributed by atoms with Gasteiger partial charge in [-0.15, -0.1) is 0 Å². The molecule has 0 unspecified atom stereocenters. The lowest BCUT2D eigenvalue weighted by atomic mass is 10.1.